The van der Waals surface area contributed by atoms with Gasteiger partial charge in [0.05, 0.1) is 18.7 Å². The molecule has 194 valence electrons. The van der Waals surface area contributed by atoms with Crippen molar-refractivity contribution < 1.29 is 18.0 Å². The predicted molar refractivity (Wildman–Crippen MR) is 145 cm³/mol. The topological polar surface area (TPSA) is 71.6 Å². The summed E-state index contributed by atoms with van der Waals surface area (Å²) in [4.78, 5) is 18.5. The number of para-hydroxylation sites is 1. The van der Waals surface area contributed by atoms with E-state index in [0.29, 0.717) is 12.1 Å². The van der Waals surface area contributed by atoms with Crippen molar-refractivity contribution in [1.29, 1.82) is 0 Å². The molecule has 1 heterocycles. The van der Waals surface area contributed by atoms with Gasteiger partial charge in [0.1, 0.15) is 11.6 Å². The van der Waals surface area contributed by atoms with Gasteiger partial charge in [-0.05, 0) is 61.0 Å². The van der Waals surface area contributed by atoms with Gasteiger partial charge in [-0.15, -0.1) is 0 Å². The van der Waals surface area contributed by atoms with Crippen molar-refractivity contribution in [1.82, 2.24) is 9.88 Å². The van der Waals surface area contributed by atoms with E-state index in [2.05, 4.69) is 4.98 Å². The Morgan fingerprint density at radius 2 is 1.51 bits per heavy atom. The molecule has 0 radical (unpaired) electrons. The first kappa shape index (κ1) is 27.0. The maximum absolute atomic E-state index is 14.4. The zero-order valence-electron chi connectivity index (χ0n) is 21.3. The lowest BCUT2D eigenvalue weighted by Gasteiger charge is -2.36. The quantitative estimate of drug-likeness (QED) is 0.216. The average Bonchev–Trinajstić information content (AvgIpc) is 2.87. The van der Waals surface area contributed by atoms with Crippen LogP contribution in [0.4, 0.5) is 4.39 Å². The number of rotatable bonds is 11. The van der Waals surface area contributed by atoms with Crippen LogP contribution < -0.4 is 5.56 Å². The average molecular weight is 523 g/mol. The lowest BCUT2D eigenvalue weighted by molar-refractivity contribution is 0.153. The Bertz CT molecular complexity index is 1430. The van der Waals surface area contributed by atoms with Gasteiger partial charge in [0.15, 0.2) is 0 Å². The number of nitrogens with one attached hydrogen (secondary N) is 1. The largest absolute Gasteiger partial charge is 0.352 e. The number of hydrogen-bond donors (Lipinski definition) is 1. The third-order valence-electron chi connectivity index (χ3n) is 6.19. The minimum absolute atomic E-state index is 0.147. The summed E-state index contributed by atoms with van der Waals surface area (Å²) < 4.78 is 39.8. The summed E-state index contributed by atoms with van der Waals surface area (Å²) in [5.74, 6) is -1.35. The summed E-state index contributed by atoms with van der Waals surface area (Å²) in [6, 6.07) is 23.4. The van der Waals surface area contributed by atoms with Crippen molar-refractivity contribution >= 4 is 18.5 Å². The van der Waals surface area contributed by atoms with Crippen LogP contribution in [-0.2, 0) is 26.7 Å². The molecule has 0 fully saturated rings. The third kappa shape index (κ3) is 6.25. The van der Waals surface area contributed by atoms with Crippen molar-refractivity contribution in [3.05, 3.63) is 117 Å². The summed E-state index contributed by atoms with van der Waals surface area (Å²) in [6.45, 7) is 6.36. The molecule has 8 heteroatoms. The summed E-state index contributed by atoms with van der Waals surface area (Å²) in [5, 5.41) is 0.820. The fourth-order valence-corrected chi connectivity index (χ4v) is 6.74. The van der Waals surface area contributed by atoms with Gasteiger partial charge in [-0.2, -0.15) is 0 Å². The highest BCUT2D eigenvalue weighted by molar-refractivity contribution is 7.54. The first-order valence-electron chi connectivity index (χ1n) is 12.4. The zero-order chi connectivity index (χ0) is 26.4. The molecular weight excluding hydrogens is 490 g/mol. The van der Waals surface area contributed by atoms with E-state index in [9.17, 15) is 13.8 Å². The molecule has 0 aliphatic rings. The molecule has 3 aromatic carbocycles. The second kappa shape index (κ2) is 12.0. The molecule has 4 rings (SSSR count). The van der Waals surface area contributed by atoms with E-state index in [4.69, 9.17) is 9.05 Å². The number of hydrogen-bond acceptors (Lipinski definition) is 5. The number of aryl methyl sites for hydroxylation is 1. The smallest absolute Gasteiger partial charge is 0.321 e. The second-order valence-corrected chi connectivity index (χ2v) is 10.9. The summed E-state index contributed by atoms with van der Waals surface area (Å²) in [7, 11) is -3.88. The van der Waals surface area contributed by atoms with Crippen LogP contribution in [0.1, 0.15) is 41.9 Å². The van der Waals surface area contributed by atoms with Gasteiger partial charge >= 0.3 is 7.60 Å². The minimum atomic E-state index is -3.88. The van der Waals surface area contributed by atoms with Gasteiger partial charge in [-0.1, -0.05) is 60.7 Å². The number of benzene rings is 3. The molecule has 4 aromatic rings. The first-order valence-corrected chi connectivity index (χ1v) is 14.0. The van der Waals surface area contributed by atoms with Crippen molar-refractivity contribution in [2.24, 2.45) is 0 Å². The maximum atomic E-state index is 14.4. The van der Waals surface area contributed by atoms with E-state index in [1.165, 1.54) is 12.1 Å². The molecule has 1 N–H and O–H groups in total. The van der Waals surface area contributed by atoms with Gasteiger partial charge < -0.3 is 14.0 Å². The second-order valence-electron chi connectivity index (χ2n) is 8.86. The van der Waals surface area contributed by atoms with Crippen LogP contribution in [0.15, 0.2) is 83.7 Å². The number of halogens is 1. The monoisotopic (exact) mass is 522 g/mol. The van der Waals surface area contributed by atoms with Crippen molar-refractivity contribution in [3.63, 3.8) is 0 Å². The predicted octanol–water partition coefficient (Wildman–Crippen LogP) is 6.94. The van der Waals surface area contributed by atoms with Crippen molar-refractivity contribution in [2.75, 3.05) is 13.2 Å². The molecule has 0 aliphatic carbocycles. The maximum Gasteiger partial charge on any atom is 0.352 e. The van der Waals surface area contributed by atoms with E-state index >= 15 is 0 Å². The highest BCUT2D eigenvalue weighted by atomic mass is 31.2. The Labute approximate surface area is 216 Å². The van der Waals surface area contributed by atoms with Gasteiger partial charge in [0, 0.05) is 18.7 Å². The molecule has 1 atom stereocenters. The Morgan fingerprint density at radius 1 is 0.892 bits per heavy atom. The molecule has 37 heavy (non-hydrogen) atoms. The molecule has 0 saturated heterocycles. The Kier molecular flexibility index (Phi) is 8.72. The molecule has 0 aliphatic heterocycles. The highest BCUT2D eigenvalue weighted by Crippen LogP contribution is 2.62. The van der Waals surface area contributed by atoms with E-state index in [1.54, 1.807) is 32.0 Å². The molecule has 0 amide bonds. The van der Waals surface area contributed by atoms with Crippen LogP contribution in [0.2, 0.25) is 0 Å². The fourth-order valence-electron chi connectivity index (χ4n) is 4.57. The number of aromatic amines is 1. The normalized spacial score (nSPS) is 12.8. The number of H-pyrrole nitrogens is 1. The Morgan fingerprint density at radius 3 is 2.14 bits per heavy atom. The first-order chi connectivity index (χ1) is 17.8. The van der Waals surface area contributed by atoms with E-state index in [1.807, 2.05) is 60.4 Å². The van der Waals surface area contributed by atoms with E-state index in [0.717, 1.165) is 27.6 Å². The van der Waals surface area contributed by atoms with Gasteiger partial charge in [-0.25, -0.2) is 4.39 Å². The SMILES string of the molecule is CCOP(=O)(OCC)C(c1cc2cccc(C)c2[nH]c1=O)N(Cc1ccccc1)Cc1ccc(F)cc1. The number of fused-ring (bicyclic) bond motifs is 1. The summed E-state index contributed by atoms with van der Waals surface area (Å²) in [5.41, 5.74) is 3.36. The molecule has 6 nitrogen and oxygen atoms in total. The minimum Gasteiger partial charge on any atom is -0.321 e. The molecule has 0 bridgehead atoms. The molecule has 1 unspecified atom stereocenters. The molecule has 1 aromatic heterocycles. The third-order valence-corrected chi connectivity index (χ3v) is 8.63. The molecular formula is C29H32FN2O4P. The van der Waals surface area contributed by atoms with Crippen LogP contribution in [0, 0.1) is 12.7 Å². The summed E-state index contributed by atoms with van der Waals surface area (Å²) >= 11 is 0. The number of nitrogens with zero attached hydrogens (tertiary/aromatic N) is 1. The zero-order valence-corrected chi connectivity index (χ0v) is 22.2. The van der Waals surface area contributed by atoms with Crippen LogP contribution >= 0.6 is 7.60 Å². The molecule has 0 saturated carbocycles. The Hall–Kier alpha value is -3.09. The van der Waals surface area contributed by atoms with Crippen LogP contribution in [0.25, 0.3) is 10.9 Å². The number of pyridine rings is 1. The number of aromatic nitrogens is 1. The van der Waals surface area contributed by atoms with Crippen molar-refractivity contribution in [3.8, 4) is 0 Å². The standard InChI is InChI=1S/C29H32FN2O4P/c1-4-35-37(34,36-5-2)29(26-18-24-13-9-10-21(3)27(24)31-28(26)33)32(19-22-11-7-6-8-12-22)20-23-14-16-25(30)17-15-23/h6-18,29H,4-5,19-20H2,1-3H3,(H,31,33). The highest BCUT2D eigenvalue weighted by Gasteiger charge is 2.43. The summed E-state index contributed by atoms with van der Waals surface area (Å²) in [6.07, 6.45) is 0. The van der Waals surface area contributed by atoms with Crippen LogP contribution in [-0.4, -0.2) is 23.1 Å². The van der Waals surface area contributed by atoms with E-state index in [-0.39, 0.29) is 31.1 Å². The Balaban J connectivity index is 1.93. The van der Waals surface area contributed by atoms with Crippen LogP contribution in [0.3, 0.4) is 0 Å². The van der Waals surface area contributed by atoms with Crippen LogP contribution in [0.5, 0.6) is 0 Å². The van der Waals surface area contributed by atoms with Gasteiger partial charge in [0.25, 0.3) is 5.56 Å². The fraction of sp³-hybridized carbons (Fsp3) is 0.276. The van der Waals surface area contributed by atoms with Gasteiger partial charge in [-0.3, -0.25) is 14.3 Å². The molecule has 0 spiro atoms. The van der Waals surface area contributed by atoms with Gasteiger partial charge in [0.2, 0.25) is 0 Å². The lowest BCUT2D eigenvalue weighted by atomic mass is 10.1. The van der Waals surface area contributed by atoms with Crippen molar-refractivity contribution in [2.45, 2.75) is 39.6 Å². The lowest BCUT2D eigenvalue weighted by Crippen LogP contribution is -2.33. The van der Waals surface area contributed by atoms with E-state index < -0.39 is 13.4 Å².